The first-order valence-electron chi connectivity index (χ1n) is 18.2. The molecule has 0 aromatic heterocycles. The molecule has 2 atom stereocenters. The Balaban J connectivity index is 2.14. The molecule has 2 amide bonds. The zero-order valence-corrected chi connectivity index (χ0v) is 34.5. The van der Waals surface area contributed by atoms with Crippen molar-refractivity contribution in [3.8, 4) is 11.5 Å². The van der Waals surface area contributed by atoms with Crippen molar-refractivity contribution >= 4 is 24.1 Å². The van der Waals surface area contributed by atoms with Crippen LogP contribution in [0.4, 0.5) is 9.59 Å². The average Bonchev–Trinajstić information content (AvgIpc) is 3.13. The first kappa shape index (κ1) is 47.5. The number of carbonyl (C=O) groups excluding carboxylic acids is 4. The lowest BCUT2D eigenvalue weighted by Gasteiger charge is -2.32. The zero-order valence-electron chi connectivity index (χ0n) is 34.5. The zero-order chi connectivity index (χ0) is 41.7. The lowest BCUT2D eigenvalue weighted by atomic mass is 10.0. The summed E-state index contributed by atoms with van der Waals surface area (Å²) in [5.74, 6) is -0.200. The minimum atomic E-state index is -1.09. The fourth-order valence-electron chi connectivity index (χ4n) is 4.99. The summed E-state index contributed by atoms with van der Waals surface area (Å²) in [5, 5.41) is 0. The van der Waals surface area contributed by atoms with Gasteiger partial charge in [-0.15, -0.1) is 0 Å². The first-order valence-corrected chi connectivity index (χ1v) is 18.2. The third kappa shape index (κ3) is 17.9. The summed E-state index contributed by atoms with van der Waals surface area (Å²) < 4.78 is 53.8. The van der Waals surface area contributed by atoms with Crippen molar-refractivity contribution in [3.05, 3.63) is 59.7 Å². The molecule has 16 nitrogen and oxygen atoms in total. The van der Waals surface area contributed by atoms with Crippen molar-refractivity contribution in [2.75, 3.05) is 68.7 Å². The Morgan fingerprint density at radius 2 is 0.875 bits per heavy atom. The van der Waals surface area contributed by atoms with Crippen LogP contribution in [0.25, 0.3) is 0 Å². The second-order valence-electron chi connectivity index (χ2n) is 14.6. The average molecular weight is 793 g/mol. The number of amides is 2. The van der Waals surface area contributed by atoms with Gasteiger partial charge in [-0.05, 0) is 89.8 Å². The number of unbranched alkanes of at least 4 members (excludes halogenated alkanes) is 1. The Labute approximate surface area is 330 Å². The number of hydrogen-bond donors (Lipinski definition) is 0. The summed E-state index contributed by atoms with van der Waals surface area (Å²) in [6.07, 6.45) is -0.628. The predicted octanol–water partition coefficient (Wildman–Crippen LogP) is 5.72. The largest absolute Gasteiger partial charge is 0.468 e. The maximum absolute atomic E-state index is 13.6. The van der Waals surface area contributed by atoms with E-state index >= 15 is 0 Å². The Bertz CT molecular complexity index is 1360. The maximum atomic E-state index is 13.6. The number of benzene rings is 2. The van der Waals surface area contributed by atoms with Gasteiger partial charge in [-0.3, -0.25) is 9.80 Å². The highest BCUT2D eigenvalue weighted by atomic mass is 16.7. The Morgan fingerprint density at radius 1 is 0.536 bits per heavy atom. The van der Waals surface area contributed by atoms with E-state index in [1.54, 1.807) is 90.1 Å². The van der Waals surface area contributed by atoms with Crippen LogP contribution >= 0.6 is 0 Å². The molecule has 314 valence electrons. The van der Waals surface area contributed by atoms with Gasteiger partial charge < -0.3 is 47.4 Å². The number of hydrogen-bond acceptors (Lipinski definition) is 14. The van der Waals surface area contributed by atoms with E-state index in [-0.39, 0.29) is 53.1 Å². The first-order chi connectivity index (χ1) is 26.5. The number of rotatable bonds is 23. The number of methoxy groups -OCH3 is 4. The van der Waals surface area contributed by atoms with Crippen LogP contribution in [0.2, 0.25) is 0 Å². The third-order valence-electron chi connectivity index (χ3n) is 7.51. The van der Waals surface area contributed by atoms with Crippen molar-refractivity contribution < 1.29 is 66.5 Å². The Hall–Kier alpha value is -4.64. The summed E-state index contributed by atoms with van der Waals surface area (Å²) in [6.45, 7) is 9.98. The van der Waals surface area contributed by atoms with E-state index in [9.17, 15) is 19.2 Å². The molecule has 0 saturated carbocycles. The molecule has 0 fully saturated rings. The third-order valence-corrected chi connectivity index (χ3v) is 7.51. The van der Waals surface area contributed by atoms with Gasteiger partial charge in [0, 0.05) is 41.3 Å². The quantitative estimate of drug-likeness (QED) is 0.0580. The highest BCUT2D eigenvalue weighted by molar-refractivity contribution is 5.82. The van der Waals surface area contributed by atoms with Gasteiger partial charge in [0.25, 0.3) is 0 Å². The molecular formula is C40H60N2O14. The molecule has 0 saturated heterocycles. The minimum Gasteiger partial charge on any atom is -0.468 e. The van der Waals surface area contributed by atoms with E-state index in [1.807, 2.05) is 0 Å². The van der Waals surface area contributed by atoms with E-state index in [1.165, 1.54) is 38.2 Å². The van der Waals surface area contributed by atoms with E-state index in [2.05, 4.69) is 0 Å². The number of esters is 2. The highest BCUT2D eigenvalue weighted by Crippen LogP contribution is 2.21. The molecule has 0 aliphatic carbocycles. The van der Waals surface area contributed by atoms with Crippen molar-refractivity contribution in [1.29, 1.82) is 0 Å². The maximum Gasteiger partial charge on any atom is 0.412 e. The van der Waals surface area contributed by atoms with Crippen LogP contribution in [0.1, 0.15) is 65.5 Å². The van der Waals surface area contributed by atoms with Gasteiger partial charge in [0.15, 0.2) is 13.6 Å². The lowest BCUT2D eigenvalue weighted by molar-refractivity contribution is -0.154. The topological polar surface area (TPSA) is 167 Å². The monoisotopic (exact) mass is 792 g/mol. The summed E-state index contributed by atoms with van der Waals surface area (Å²) in [5.41, 5.74) is -0.198. The molecule has 2 rings (SSSR count). The summed E-state index contributed by atoms with van der Waals surface area (Å²) >= 11 is 0. The van der Waals surface area contributed by atoms with Gasteiger partial charge in [0.2, 0.25) is 0 Å². The van der Waals surface area contributed by atoms with Gasteiger partial charge in [0.1, 0.15) is 48.2 Å². The van der Waals surface area contributed by atoms with Crippen LogP contribution in [0.5, 0.6) is 11.5 Å². The molecule has 0 radical (unpaired) electrons. The van der Waals surface area contributed by atoms with Gasteiger partial charge in [0.05, 0.1) is 13.2 Å². The molecule has 0 heterocycles. The molecule has 0 spiro atoms. The van der Waals surface area contributed by atoms with Crippen molar-refractivity contribution in [3.63, 3.8) is 0 Å². The molecule has 0 N–H and O–H groups in total. The SMILES string of the molecule is COCOc1ccc(C[C@@H](C(=O)OCCCCOC(=O)[C@H](Cc2ccc(OCOC)cc2)N(COC)C(=O)OC(C)(C)C)N(COC)C(=O)OC(C)(C)C)cc1. The summed E-state index contributed by atoms with van der Waals surface area (Å²) in [6, 6.07) is 11.8. The van der Waals surface area contributed by atoms with Gasteiger partial charge in [-0.1, -0.05) is 24.3 Å². The summed E-state index contributed by atoms with van der Waals surface area (Å²) in [4.78, 5) is 56.0. The standard InChI is InChI=1S/C40H60N2O14/c1-39(2,3)55-37(45)41(25-47-7)33(23-29-13-17-31(18-14-29)53-27-49-9)35(43)51-21-11-12-22-52-36(44)34(42(26-48-8)38(46)56-40(4,5)6)24-30-15-19-32(20-16-30)54-28-50-10/h13-20,33-34H,11-12,21-28H2,1-10H3/t33-,34-/m0/s1. The van der Waals surface area contributed by atoms with Crippen LogP contribution < -0.4 is 9.47 Å². The predicted molar refractivity (Wildman–Crippen MR) is 204 cm³/mol. The van der Waals surface area contributed by atoms with Gasteiger partial charge in [-0.25, -0.2) is 19.2 Å². The molecule has 16 heteroatoms. The van der Waals surface area contributed by atoms with E-state index in [0.717, 1.165) is 11.1 Å². The van der Waals surface area contributed by atoms with Crippen LogP contribution in [0, 0.1) is 0 Å². The van der Waals surface area contributed by atoms with Crippen LogP contribution in [-0.2, 0) is 60.3 Å². The smallest absolute Gasteiger partial charge is 0.412 e. The van der Waals surface area contributed by atoms with E-state index in [0.29, 0.717) is 24.3 Å². The number of ether oxygens (including phenoxy) is 10. The van der Waals surface area contributed by atoms with Crippen LogP contribution in [-0.4, -0.2) is 126 Å². The molecule has 0 aliphatic heterocycles. The molecule has 56 heavy (non-hydrogen) atoms. The molecule has 2 aromatic carbocycles. The van der Waals surface area contributed by atoms with E-state index < -0.39 is 47.4 Å². The molecule has 0 aliphatic rings. The minimum absolute atomic E-state index is 0.0273. The second kappa shape index (κ2) is 24.1. The Morgan fingerprint density at radius 3 is 1.16 bits per heavy atom. The molecular weight excluding hydrogens is 732 g/mol. The lowest BCUT2D eigenvalue weighted by Crippen LogP contribution is -2.50. The molecule has 2 aromatic rings. The highest BCUT2D eigenvalue weighted by Gasteiger charge is 2.36. The normalized spacial score (nSPS) is 12.5. The van der Waals surface area contributed by atoms with Crippen molar-refractivity contribution in [2.24, 2.45) is 0 Å². The molecule has 0 unspecified atom stereocenters. The van der Waals surface area contributed by atoms with Gasteiger partial charge in [-0.2, -0.15) is 0 Å². The van der Waals surface area contributed by atoms with Crippen molar-refractivity contribution in [1.82, 2.24) is 9.80 Å². The second-order valence-corrected chi connectivity index (χ2v) is 14.6. The summed E-state index contributed by atoms with van der Waals surface area (Å²) in [7, 11) is 5.85. The molecule has 0 bridgehead atoms. The van der Waals surface area contributed by atoms with E-state index in [4.69, 9.17) is 47.4 Å². The number of nitrogens with zero attached hydrogens (tertiary/aromatic N) is 2. The van der Waals surface area contributed by atoms with Crippen LogP contribution in [0.3, 0.4) is 0 Å². The van der Waals surface area contributed by atoms with Crippen molar-refractivity contribution in [2.45, 2.75) is 90.5 Å². The van der Waals surface area contributed by atoms with Gasteiger partial charge >= 0.3 is 24.1 Å². The Kier molecular flexibility index (Phi) is 20.4. The number of carbonyl (C=O) groups is 4. The fourth-order valence-corrected chi connectivity index (χ4v) is 4.99. The fraction of sp³-hybridized carbons (Fsp3) is 0.600. The van der Waals surface area contributed by atoms with Crippen LogP contribution in [0.15, 0.2) is 48.5 Å².